The molecule has 1 aliphatic heterocycles. The third-order valence-corrected chi connectivity index (χ3v) is 6.39. The maximum atomic E-state index is 12.9. The second-order valence-corrected chi connectivity index (χ2v) is 8.87. The van der Waals surface area contributed by atoms with Crippen LogP contribution >= 0.6 is 11.6 Å². The summed E-state index contributed by atoms with van der Waals surface area (Å²) in [6.07, 6.45) is 3.01. The van der Waals surface area contributed by atoms with Gasteiger partial charge in [-0.05, 0) is 55.2 Å². The first-order chi connectivity index (χ1) is 13.4. The number of nitrogens with one attached hydrogen (secondary N) is 1. The molecule has 0 aromatic heterocycles. The lowest BCUT2D eigenvalue weighted by Crippen LogP contribution is -2.36. The van der Waals surface area contributed by atoms with Crippen molar-refractivity contribution in [2.75, 3.05) is 20.2 Å². The molecule has 1 fully saturated rings. The van der Waals surface area contributed by atoms with Gasteiger partial charge in [0.25, 0.3) is 5.91 Å². The number of carbonyl (C=O) groups is 1. The molecule has 1 heterocycles. The fraction of sp³-hybridized carbons (Fsp3) is 0.350. The number of amides is 1. The highest BCUT2D eigenvalue weighted by atomic mass is 35.5. The van der Waals surface area contributed by atoms with Crippen molar-refractivity contribution in [1.29, 1.82) is 0 Å². The van der Waals surface area contributed by atoms with Crippen LogP contribution in [-0.4, -0.2) is 39.4 Å². The summed E-state index contributed by atoms with van der Waals surface area (Å²) in [6.45, 7) is 1.47. The quantitative estimate of drug-likeness (QED) is 0.773. The van der Waals surface area contributed by atoms with Crippen molar-refractivity contribution in [2.45, 2.75) is 30.7 Å². The van der Waals surface area contributed by atoms with E-state index in [0.29, 0.717) is 23.9 Å². The lowest BCUT2D eigenvalue weighted by atomic mass is 10.1. The minimum absolute atomic E-state index is 0.0302. The topological polar surface area (TPSA) is 75.7 Å². The summed E-state index contributed by atoms with van der Waals surface area (Å²) >= 11 is 5.85. The first-order valence-electron chi connectivity index (χ1n) is 9.12. The first kappa shape index (κ1) is 20.6. The Hall–Kier alpha value is -2.09. The van der Waals surface area contributed by atoms with E-state index < -0.39 is 10.0 Å². The summed E-state index contributed by atoms with van der Waals surface area (Å²) in [4.78, 5) is 14.7. The van der Waals surface area contributed by atoms with Gasteiger partial charge in [0, 0.05) is 24.7 Å². The maximum Gasteiger partial charge on any atom is 0.257 e. The molecular formula is C20H23ClN2O4S. The van der Waals surface area contributed by atoms with Crippen LogP contribution in [0, 0.1) is 0 Å². The molecule has 6 nitrogen and oxygen atoms in total. The van der Waals surface area contributed by atoms with Gasteiger partial charge in [-0.25, -0.2) is 13.1 Å². The van der Waals surface area contributed by atoms with Gasteiger partial charge in [-0.2, -0.15) is 0 Å². The molecule has 2 aromatic rings. The van der Waals surface area contributed by atoms with Crippen LogP contribution in [-0.2, 0) is 16.6 Å². The Labute approximate surface area is 170 Å². The van der Waals surface area contributed by atoms with Gasteiger partial charge in [-0.15, -0.1) is 0 Å². The number of hydrogen-bond donors (Lipinski definition) is 1. The first-order valence-corrected chi connectivity index (χ1v) is 11.0. The number of halogens is 1. The fourth-order valence-corrected chi connectivity index (χ4v) is 4.32. The average Bonchev–Trinajstić information content (AvgIpc) is 2.73. The van der Waals surface area contributed by atoms with E-state index in [1.807, 2.05) is 0 Å². The van der Waals surface area contributed by atoms with E-state index in [2.05, 4.69) is 4.72 Å². The highest BCUT2D eigenvalue weighted by molar-refractivity contribution is 7.89. The molecular weight excluding hydrogens is 400 g/mol. The molecule has 0 spiro atoms. The molecule has 1 N–H and O–H groups in total. The molecule has 3 rings (SSSR count). The number of carbonyl (C=O) groups excluding carboxylic acids is 1. The number of sulfonamides is 1. The molecule has 1 aliphatic rings. The average molecular weight is 423 g/mol. The molecule has 0 unspecified atom stereocenters. The van der Waals surface area contributed by atoms with E-state index in [9.17, 15) is 13.2 Å². The Morgan fingerprint density at radius 1 is 1.11 bits per heavy atom. The van der Waals surface area contributed by atoms with E-state index in [1.54, 1.807) is 29.2 Å². The van der Waals surface area contributed by atoms with Crippen LogP contribution < -0.4 is 9.46 Å². The van der Waals surface area contributed by atoms with Crippen LogP contribution in [0.3, 0.4) is 0 Å². The lowest BCUT2D eigenvalue weighted by molar-refractivity contribution is 0.0720. The number of nitrogens with zero attached hydrogens (tertiary/aromatic N) is 1. The molecule has 0 atom stereocenters. The number of ether oxygens (including phenoxy) is 1. The molecule has 2 aromatic carbocycles. The fourth-order valence-electron chi connectivity index (χ4n) is 3.15. The third-order valence-electron chi connectivity index (χ3n) is 4.73. The summed E-state index contributed by atoms with van der Waals surface area (Å²) in [5.41, 5.74) is 1.05. The second kappa shape index (κ2) is 8.94. The zero-order chi connectivity index (χ0) is 20.1. The van der Waals surface area contributed by atoms with Gasteiger partial charge in [0.1, 0.15) is 5.75 Å². The van der Waals surface area contributed by atoms with Crippen molar-refractivity contribution in [3.63, 3.8) is 0 Å². The Morgan fingerprint density at radius 2 is 1.79 bits per heavy atom. The zero-order valence-corrected chi connectivity index (χ0v) is 17.2. The Kier molecular flexibility index (Phi) is 6.59. The normalized spacial score (nSPS) is 14.7. The van der Waals surface area contributed by atoms with Gasteiger partial charge in [-0.3, -0.25) is 4.79 Å². The van der Waals surface area contributed by atoms with E-state index in [0.717, 1.165) is 24.8 Å². The van der Waals surface area contributed by atoms with Gasteiger partial charge >= 0.3 is 0 Å². The number of likely N-dealkylation sites (tertiary alicyclic amines) is 1. The van der Waals surface area contributed by atoms with Gasteiger partial charge in [0.15, 0.2) is 0 Å². The van der Waals surface area contributed by atoms with Crippen LogP contribution in [0.25, 0.3) is 0 Å². The number of piperidine rings is 1. The van der Waals surface area contributed by atoms with Crippen molar-refractivity contribution in [3.8, 4) is 5.75 Å². The van der Waals surface area contributed by atoms with Crippen molar-refractivity contribution >= 4 is 27.5 Å². The Balaban J connectivity index is 1.82. The minimum Gasteiger partial charge on any atom is -0.496 e. The largest absolute Gasteiger partial charge is 0.496 e. The van der Waals surface area contributed by atoms with Crippen LogP contribution in [0.5, 0.6) is 5.75 Å². The maximum absolute atomic E-state index is 12.9. The molecule has 1 saturated heterocycles. The molecule has 0 radical (unpaired) electrons. The van der Waals surface area contributed by atoms with Crippen LogP contribution in [0.2, 0.25) is 5.02 Å². The summed E-state index contributed by atoms with van der Waals surface area (Å²) in [6, 6.07) is 11.3. The smallest absolute Gasteiger partial charge is 0.257 e. The molecule has 28 heavy (non-hydrogen) atoms. The highest BCUT2D eigenvalue weighted by Gasteiger charge is 2.24. The van der Waals surface area contributed by atoms with E-state index in [4.69, 9.17) is 16.3 Å². The van der Waals surface area contributed by atoms with Crippen LogP contribution in [0.4, 0.5) is 0 Å². The lowest BCUT2D eigenvalue weighted by Gasteiger charge is -2.27. The number of methoxy groups -OCH3 is 1. The van der Waals surface area contributed by atoms with Crippen LogP contribution in [0.1, 0.15) is 35.2 Å². The van der Waals surface area contributed by atoms with Crippen molar-refractivity contribution in [1.82, 2.24) is 9.62 Å². The van der Waals surface area contributed by atoms with E-state index in [-0.39, 0.29) is 22.9 Å². The van der Waals surface area contributed by atoms with Gasteiger partial charge in [-0.1, -0.05) is 23.7 Å². The standard InChI is InChI=1S/C20H23ClN2O4S/c1-27-19-10-9-17(13-18(19)20(24)23-11-3-2-4-12-23)28(25,26)22-14-15-5-7-16(21)8-6-15/h5-10,13,22H,2-4,11-12,14H2,1H3. The van der Waals surface area contributed by atoms with Crippen molar-refractivity contribution < 1.29 is 17.9 Å². The monoisotopic (exact) mass is 422 g/mol. The summed E-state index contributed by atoms with van der Waals surface area (Å²) < 4.78 is 33.3. The SMILES string of the molecule is COc1ccc(S(=O)(=O)NCc2ccc(Cl)cc2)cc1C(=O)N1CCCCC1. The second-order valence-electron chi connectivity index (χ2n) is 6.67. The minimum atomic E-state index is -3.79. The molecule has 0 saturated carbocycles. The Bertz CT molecular complexity index is 939. The molecule has 8 heteroatoms. The summed E-state index contributed by atoms with van der Waals surface area (Å²) in [7, 11) is -2.32. The highest BCUT2D eigenvalue weighted by Crippen LogP contribution is 2.25. The summed E-state index contributed by atoms with van der Waals surface area (Å²) in [5.74, 6) is 0.165. The number of hydrogen-bond acceptors (Lipinski definition) is 4. The molecule has 1 amide bonds. The Morgan fingerprint density at radius 3 is 2.43 bits per heavy atom. The van der Waals surface area contributed by atoms with Gasteiger partial charge < -0.3 is 9.64 Å². The number of rotatable bonds is 6. The van der Waals surface area contributed by atoms with Crippen molar-refractivity contribution in [3.05, 3.63) is 58.6 Å². The van der Waals surface area contributed by atoms with Crippen LogP contribution in [0.15, 0.2) is 47.4 Å². The van der Waals surface area contributed by atoms with Crippen molar-refractivity contribution in [2.24, 2.45) is 0 Å². The van der Waals surface area contributed by atoms with Gasteiger partial charge in [0.2, 0.25) is 10.0 Å². The molecule has 0 aliphatic carbocycles. The zero-order valence-electron chi connectivity index (χ0n) is 15.7. The summed E-state index contributed by atoms with van der Waals surface area (Å²) in [5, 5.41) is 0.586. The predicted octanol–water partition coefficient (Wildman–Crippen LogP) is 3.45. The van der Waals surface area contributed by atoms with Gasteiger partial charge in [0.05, 0.1) is 17.6 Å². The molecule has 0 bridgehead atoms. The number of benzene rings is 2. The molecule has 150 valence electrons. The van der Waals surface area contributed by atoms with E-state index in [1.165, 1.54) is 25.3 Å². The van der Waals surface area contributed by atoms with E-state index >= 15 is 0 Å². The third kappa shape index (κ3) is 4.84. The predicted molar refractivity (Wildman–Crippen MR) is 108 cm³/mol.